The topological polar surface area (TPSA) is 33.6 Å². The van der Waals surface area contributed by atoms with Crippen LogP contribution in [-0.2, 0) is 4.74 Å². The predicted molar refractivity (Wildman–Crippen MR) is 47.8 cm³/mol. The minimum Gasteiger partial charge on any atom is -0.370 e. The molecule has 0 fully saturated rings. The quantitative estimate of drug-likeness (QED) is 0.368. The average Bonchev–Trinajstić information content (AvgIpc) is 2.01. The molecule has 0 heterocycles. The molecule has 0 rings (SSSR count). The first-order chi connectivity index (χ1) is 5.31. The lowest BCUT2D eigenvalue weighted by Crippen LogP contribution is -2.18. The Kier molecular flexibility index (Phi) is 6.98. The Morgan fingerprint density at radius 1 is 1.64 bits per heavy atom. The molecular formula is C8H16N2O. The molecular weight excluding hydrogens is 140 g/mol. The van der Waals surface area contributed by atoms with Crippen LogP contribution in [0.25, 0.3) is 0 Å². The highest BCUT2D eigenvalue weighted by Gasteiger charge is 1.85. The molecule has 0 aromatic carbocycles. The fourth-order valence-corrected chi connectivity index (χ4v) is 0.598. The van der Waals surface area contributed by atoms with Gasteiger partial charge in [-0.1, -0.05) is 0 Å². The van der Waals surface area contributed by atoms with E-state index < -0.39 is 0 Å². The van der Waals surface area contributed by atoms with Gasteiger partial charge in [-0.25, -0.2) is 0 Å². The second kappa shape index (κ2) is 7.44. The van der Waals surface area contributed by atoms with Gasteiger partial charge in [0.2, 0.25) is 0 Å². The molecule has 0 aliphatic carbocycles. The first kappa shape index (κ1) is 10.3. The van der Waals surface area contributed by atoms with Crippen LogP contribution in [0.15, 0.2) is 16.8 Å². The highest BCUT2D eigenvalue weighted by molar-refractivity contribution is 5.54. The highest BCUT2D eigenvalue weighted by atomic mass is 16.5. The molecule has 3 nitrogen and oxygen atoms in total. The molecule has 0 aromatic heterocycles. The monoisotopic (exact) mass is 156 g/mol. The van der Waals surface area contributed by atoms with Crippen molar-refractivity contribution in [2.45, 2.75) is 13.8 Å². The van der Waals surface area contributed by atoms with Crippen LogP contribution < -0.4 is 5.32 Å². The number of hydrogen-bond donors (Lipinski definition) is 1. The summed E-state index contributed by atoms with van der Waals surface area (Å²) in [6.07, 6.45) is 3.60. The molecule has 0 aliphatic rings. The first-order valence-corrected chi connectivity index (χ1v) is 3.64. The van der Waals surface area contributed by atoms with Gasteiger partial charge in [0.05, 0.1) is 6.73 Å². The maximum absolute atomic E-state index is 4.82. The van der Waals surface area contributed by atoms with E-state index in [1.165, 1.54) is 5.57 Å². The molecule has 0 amide bonds. The van der Waals surface area contributed by atoms with E-state index in [0.29, 0.717) is 6.73 Å². The smallest absolute Gasteiger partial charge is 0.0963 e. The molecule has 1 N–H and O–H groups in total. The maximum atomic E-state index is 4.82. The third-order valence-corrected chi connectivity index (χ3v) is 1.09. The lowest BCUT2D eigenvalue weighted by atomic mass is 10.3. The summed E-state index contributed by atoms with van der Waals surface area (Å²) in [5, 5.41) is 3.08. The second-order valence-electron chi connectivity index (χ2n) is 2.24. The molecule has 0 aromatic rings. The molecule has 0 aliphatic heterocycles. The fraction of sp³-hybridized carbons (Fsp3) is 0.625. The van der Waals surface area contributed by atoms with E-state index in [4.69, 9.17) is 4.74 Å². The van der Waals surface area contributed by atoms with E-state index in [1.807, 2.05) is 20.0 Å². The summed E-state index contributed by atoms with van der Waals surface area (Å²) in [4.78, 5) is 3.98. The zero-order valence-electron chi connectivity index (χ0n) is 7.42. The number of hydrogen-bond acceptors (Lipinski definition) is 3. The van der Waals surface area contributed by atoms with Crippen molar-refractivity contribution >= 4 is 6.21 Å². The Morgan fingerprint density at radius 2 is 2.36 bits per heavy atom. The van der Waals surface area contributed by atoms with Crippen LogP contribution in [0.4, 0.5) is 0 Å². The van der Waals surface area contributed by atoms with Gasteiger partial charge in [0.1, 0.15) is 0 Å². The molecule has 0 spiro atoms. The van der Waals surface area contributed by atoms with Crippen molar-refractivity contribution in [2.75, 3.05) is 20.4 Å². The van der Waals surface area contributed by atoms with E-state index in [2.05, 4.69) is 10.3 Å². The Balaban J connectivity index is 3.42. The molecule has 3 heteroatoms. The molecule has 0 unspecified atom stereocenters. The predicted octanol–water partition coefficient (Wildman–Crippen LogP) is 1.17. The average molecular weight is 156 g/mol. The number of methoxy groups -OCH3 is 1. The first-order valence-electron chi connectivity index (χ1n) is 3.64. The van der Waals surface area contributed by atoms with Crippen LogP contribution in [0.3, 0.4) is 0 Å². The second-order valence-corrected chi connectivity index (χ2v) is 2.24. The van der Waals surface area contributed by atoms with Gasteiger partial charge < -0.3 is 4.74 Å². The summed E-state index contributed by atoms with van der Waals surface area (Å²) in [7, 11) is 1.66. The van der Waals surface area contributed by atoms with Gasteiger partial charge in [-0.15, -0.1) is 0 Å². The number of aliphatic imine (C=N–C) groups is 1. The molecule has 64 valence electrons. The van der Waals surface area contributed by atoms with Crippen molar-refractivity contribution < 1.29 is 4.74 Å². The Hall–Kier alpha value is -0.670. The van der Waals surface area contributed by atoms with Crippen LogP contribution in [0.2, 0.25) is 0 Å². The lowest BCUT2D eigenvalue weighted by molar-refractivity contribution is 0.178. The molecule has 0 saturated carbocycles. The zero-order chi connectivity index (χ0) is 8.53. The van der Waals surface area contributed by atoms with Crippen LogP contribution >= 0.6 is 0 Å². The van der Waals surface area contributed by atoms with Crippen molar-refractivity contribution in [1.82, 2.24) is 5.32 Å². The van der Waals surface area contributed by atoms with Crippen LogP contribution in [-0.4, -0.2) is 26.6 Å². The molecule has 11 heavy (non-hydrogen) atoms. The summed E-state index contributed by atoms with van der Waals surface area (Å²) in [6.45, 7) is 5.33. The Morgan fingerprint density at radius 3 is 2.91 bits per heavy atom. The van der Waals surface area contributed by atoms with Gasteiger partial charge in [-0.3, -0.25) is 10.3 Å². The van der Waals surface area contributed by atoms with Crippen molar-refractivity contribution in [2.24, 2.45) is 4.99 Å². The summed E-state index contributed by atoms with van der Waals surface area (Å²) < 4.78 is 4.82. The third-order valence-electron chi connectivity index (χ3n) is 1.09. The number of nitrogens with zero attached hydrogens (tertiary/aromatic N) is 1. The van der Waals surface area contributed by atoms with E-state index in [0.717, 1.165) is 6.54 Å². The minimum atomic E-state index is 0.584. The standard InChI is InChI=1S/C8H16N2O/c1-4-9-5-8(2)6-10-7-11-3/h4-5,10H,6-7H2,1-3H3/b8-5-,9-4?. The van der Waals surface area contributed by atoms with Gasteiger partial charge in [0.25, 0.3) is 0 Å². The van der Waals surface area contributed by atoms with E-state index in [1.54, 1.807) is 13.3 Å². The molecule has 0 bridgehead atoms. The molecule has 0 radical (unpaired) electrons. The van der Waals surface area contributed by atoms with Crippen LogP contribution in [0.5, 0.6) is 0 Å². The lowest BCUT2D eigenvalue weighted by Gasteiger charge is -2.01. The minimum absolute atomic E-state index is 0.584. The van der Waals surface area contributed by atoms with Crippen LogP contribution in [0.1, 0.15) is 13.8 Å². The van der Waals surface area contributed by atoms with Crippen molar-refractivity contribution in [3.63, 3.8) is 0 Å². The third kappa shape index (κ3) is 7.22. The summed E-state index contributed by atoms with van der Waals surface area (Å²) in [5.74, 6) is 0. The SMILES string of the molecule is CC=N/C=C(/C)CNCOC. The van der Waals surface area contributed by atoms with Gasteiger partial charge in [0, 0.05) is 26.1 Å². The van der Waals surface area contributed by atoms with E-state index in [-0.39, 0.29) is 0 Å². The van der Waals surface area contributed by atoms with Gasteiger partial charge in [-0.2, -0.15) is 0 Å². The summed E-state index contributed by atoms with van der Waals surface area (Å²) in [6, 6.07) is 0. The molecule has 0 saturated heterocycles. The Labute approximate surface area is 68.2 Å². The summed E-state index contributed by atoms with van der Waals surface area (Å²) in [5.41, 5.74) is 1.19. The van der Waals surface area contributed by atoms with E-state index >= 15 is 0 Å². The Bertz CT molecular complexity index is 141. The van der Waals surface area contributed by atoms with Crippen molar-refractivity contribution in [3.05, 3.63) is 11.8 Å². The largest absolute Gasteiger partial charge is 0.370 e. The molecule has 0 atom stereocenters. The normalized spacial score (nSPS) is 12.8. The zero-order valence-corrected chi connectivity index (χ0v) is 7.42. The highest BCUT2D eigenvalue weighted by Crippen LogP contribution is 1.88. The van der Waals surface area contributed by atoms with Gasteiger partial charge in [-0.05, 0) is 19.4 Å². The van der Waals surface area contributed by atoms with Crippen LogP contribution in [0, 0.1) is 0 Å². The number of rotatable bonds is 5. The van der Waals surface area contributed by atoms with Crippen molar-refractivity contribution in [3.8, 4) is 0 Å². The number of ether oxygens (including phenoxy) is 1. The van der Waals surface area contributed by atoms with Gasteiger partial charge in [0.15, 0.2) is 0 Å². The van der Waals surface area contributed by atoms with E-state index in [9.17, 15) is 0 Å². The number of nitrogens with one attached hydrogen (secondary N) is 1. The van der Waals surface area contributed by atoms with Gasteiger partial charge >= 0.3 is 0 Å². The fourth-order valence-electron chi connectivity index (χ4n) is 0.598. The summed E-state index contributed by atoms with van der Waals surface area (Å²) >= 11 is 0. The van der Waals surface area contributed by atoms with Crippen molar-refractivity contribution in [1.29, 1.82) is 0 Å². The maximum Gasteiger partial charge on any atom is 0.0963 e.